The summed E-state index contributed by atoms with van der Waals surface area (Å²) in [6.45, 7) is 6.17. The van der Waals surface area contributed by atoms with Crippen LogP contribution in [0.5, 0.6) is 0 Å². The quantitative estimate of drug-likeness (QED) is 0.732. The van der Waals surface area contributed by atoms with Crippen molar-refractivity contribution in [1.82, 2.24) is 9.78 Å². The van der Waals surface area contributed by atoms with Crippen molar-refractivity contribution in [2.24, 2.45) is 0 Å². The lowest BCUT2D eigenvalue weighted by molar-refractivity contribution is -0.128. The molecule has 1 atom stereocenters. The topological polar surface area (TPSA) is 44.1 Å². The Balaban J connectivity index is 2.60. The van der Waals surface area contributed by atoms with Crippen molar-refractivity contribution in [2.45, 2.75) is 52.2 Å². The number of hydrogen-bond donors (Lipinski definition) is 0. The number of carbonyl (C=O) groups is 1. The van der Waals surface area contributed by atoms with Gasteiger partial charge in [0, 0.05) is 19.3 Å². The van der Waals surface area contributed by atoms with Crippen molar-refractivity contribution in [3.05, 3.63) is 18.0 Å². The van der Waals surface area contributed by atoms with Gasteiger partial charge in [-0.3, -0.25) is 9.48 Å². The second kappa shape index (κ2) is 6.55. The summed E-state index contributed by atoms with van der Waals surface area (Å²) in [4.78, 5) is 11.9. The predicted molar refractivity (Wildman–Crippen MR) is 67.0 cm³/mol. The molecule has 0 aliphatic heterocycles. The van der Waals surface area contributed by atoms with Gasteiger partial charge in [-0.05, 0) is 26.3 Å². The Morgan fingerprint density at radius 2 is 2.24 bits per heavy atom. The second-order valence-corrected chi connectivity index (χ2v) is 4.54. The maximum Gasteiger partial charge on any atom is 0.167 e. The maximum atomic E-state index is 11.9. The van der Waals surface area contributed by atoms with E-state index in [0.717, 1.165) is 18.5 Å². The van der Waals surface area contributed by atoms with Gasteiger partial charge in [0.25, 0.3) is 0 Å². The highest BCUT2D eigenvalue weighted by molar-refractivity contribution is 5.84. The van der Waals surface area contributed by atoms with Crippen molar-refractivity contribution < 1.29 is 9.53 Å². The Hall–Kier alpha value is -1.16. The number of ketones is 1. The number of ether oxygens (including phenoxy) is 1. The third-order valence-corrected chi connectivity index (χ3v) is 2.74. The average molecular weight is 238 g/mol. The Morgan fingerprint density at radius 3 is 2.71 bits per heavy atom. The van der Waals surface area contributed by atoms with E-state index in [9.17, 15) is 4.79 Å². The SMILES string of the molecule is CCCC(OC)C(=O)Cc1ccn(C(C)C)n1. The lowest BCUT2D eigenvalue weighted by atomic mass is 10.1. The summed E-state index contributed by atoms with van der Waals surface area (Å²) in [5.74, 6) is 0.114. The van der Waals surface area contributed by atoms with Gasteiger partial charge in [0.05, 0.1) is 12.1 Å². The Bertz CT molecular complexity index is 358. The molecule has 96 valence electrons. The van der Waals surface area contributed by atoms with Gasteiger partial charge in [-0.15, -0.1) is 0 Å². The van der Waals surface area contributed by atoms with Crippen LogP contribution in [-0.4, -0.2) is 28.8 Å². The van der Waals surface area contributed by atoms with Crippen LogP contribution in [0.15, 0.2) is 12.3 Å². The van der Waals surface area contributed by atoms with E-state index in [1.54, 1.807) is 7.11 Å². The first-order valence-corrected chi connectivity index (χ1v) is 6.18. The van der Waals surface area contributed by atoms with E-state index < -0.39 is 0 Å². The summed E-state index contributed by atoms with van der Waals surface area (Å²) < 4.78 is 7.06. The molecule has 4 nitrogen and oxygen atoms in total. The molecule has 1 heterocycles. The van der Waals surface area contributed by atoms with E-state index in [0.29, 0.717) is 12.5 Å². The van der Waals surface area contributed by atoms with Crippen LogP contribution in [0.3, 0.4) is 0 Å². The van der Waals surface area contributed by atoms with E-state index in [1.165, 1.54) is 0 Å². The number of aromatic nitrogens is 2. The highest BCUT2D eigenvalue weighted by Crippen LogP contribution is 2.09. The summed E-state index contributed by atoms with van der Waals surface area (Å²) >= 11 is 0. The predicted octanol–water partition coefficient (Wildman–Crippen LogP) is 2.39. The molecular formula is C13H22N2O2. The number of hydrogen-bond acceptors (Lipinski definition) is 3. The number of nitrogens with zero attached hydrogens (tertiary/aromatic N) is 2. The summed E-state index contributed by atoms with van der Waals surface area (Å²) in [5.41, 5.74) is 0.821. The smallest absolute Gasteiger partial charge is 0.167 e. The minimum atomic E-state index is -0.288. The molecule has 0 amide bonds. The molecule has 0 saturated heterocycles. The largest absolute Gasteiger partial charge is 0.374 e. The molecule has 1 aromatic rings. The van der Waals surface area contributed by atoms with Crippen molar-refractivity contribution in [1.29, 1.82) is 0 Å². The van der Waals surface area contributed by atoms with E-state index in [4.69, 9.17) is 4.74 Å². The third-order valence-electron chi connectivity index (χ3n) is 2.74. The lowest BCUT2D eigenvalue weighted by Crippen LogP contribution is -2.24. The molecule has 0 aromatic carbocycles. The summed E-state index contributed by atoms with van der Waals surface area (Å²) in [5, 5.41) is 4.37. The first-order valence-electron chi connectivity index (χ1n) is 6.18. The number of Topliss-reactive ketones (excluding diaryl/α,β-unsaturated/α-hetero) is 1. The van der Waals surface area contributed by atoms with Crippen LogP contribution in [0.2, 0.25) is 0 Å². The highest BCUT2D eigenvalue weighted by atomic mass is 16.5. The lowest BCUT2D eigenvalue weighted by Gasteiger charge is -2.12. The molecule has 0 spiro atoms. The number of carbonyl (C=O) groups excluding carboxylic acids is 1. The van der Waals surface area contributed by atoms with Crippen LogP contribution in [0.25, 0.3) is 0 Å². The molecule has 1 unspecified atom stereocenters. The molecule has 0 bridgehead atoms. The molecule has 4 heteroatoms. The summed E-state index contributed by atoms with van der Waals surface area (Å²) in [6.07, 6.45) is 3.71. The molecule has 0 fully saturated rings. The van der Waals surface area contributed by atoms with Gasteiger partial charge < -0.3 is 4.74 Å². The fraction of sp³-hybridized carbons (Fsp3) is 0.692. The fourth-order valence-electron chi connectivity index (χ4n) is 1.72. The van der Waals surface area contributed by atoms with Gasteiger partial charge in [0.2, 0.25) is 0 Å². The zero-order valence-electron chi connectivity index (χ0n) is 11.1. The van der Waals surface area contributed by atoms with Crippen LogP contribution >= 0.6 is 0 Å². The van der Waals surface area contributed by atoms with Gasteiger partial charge in [-0.25, -0.2) is 0 Å². The van der Waals surface area contributed by atoms with Crippen LogP contribution in [-0.2, 0) is 16.0 Å². The minimum absolute atomic E-state index is 0.114. The highest BCUT2D eigenvalue weighted by Gasteiger charge is 2.18. The zero-order valence-corrected chi connectivity index (χ0v) is 11.1. The van der Waals surface area contributed by atoms with Gasteiger partial charge >= 0.3 is 0 Å². The van der Waals surface area contributed by atoms with Gasteiger partial charge in [0.1, 0.15) is 6.10 Å². The van der Waals surface area contributed by atoms with Crippen molar-refractivity contribution in [3.63, 3.8) is 0 Å². The van der Waals surface area contributed by atoms with Crippen LogP contribution in [0.4, 0.5) is 0 Å². The van der Waals surface area contributed by atoms with Crippen molar-refractivity contribution >= 4 is 5.78 Å². The third kappa shape index (κ3) is 3.97. The molecule has 0 N–H and O–H groups in total. The van der Waals surface area contributed by atoms with E-state index in [2.05, 4.69) is 18.9 Å². The first-order chi connectivity index (χ1) is 8.08. The van der Waals surface area contributed by atoms with Gasteiger partial charge in [-0.2, -0.15) is 5.10 Å². The second-order valence-electron chi connectivity index (χ2n) is 4.54. The minimum Gasteiger partial charge on any atom is -0.374 e. The van der Waals surface area contributed by atoms with E-state index in [1.807, 2.05) is 23.9 Å². The van der Waals surface area contributed by atoms with Crippen molar-refractivity contribution in [3.8, 4) is 0 Å². The molecule has 0 radical (unpaired) electrons. The summed E-state index contributed by atoms with van der Waals surface area (Å²) in [7, 11) is 1.59. The van der Waals surface area contributed by atoms with Gasteiger partial charge in [-0.1, -0.05) is 13.3 Å². The van der Waals surface area contributed by atoms with Crippen molar-refractivity contribution in [2.75, 3.05) is 7.11 Å². The molecule has 0 saturated carbocycles. The van der Waals surface area contributed by atoms with Crippen LogP contribution in [0.1, 0.15) is 45.3 Å². The molecule has 0 aliphatic carbocycles. The zero-order chi connectivity index (χ0) is 12.8. The number of rotatable bonds is 7. The Labute approximate surface area is 103 Å². The molecule has 1 aromatic heterocycles. The van der Waals surface area contributed by atoms with Crippen LogP contribution in [0, 0.1) is 0 Å². The molecule has 17 heavy (non-hydrogen) atoms. The fourth-order valence-corrected chi connectivity index (χ4v) is 1.72. The molecule has 0 aliphatic rings. The average Bonchev–Trinajstić information content (AvgIpc) is 2.74. The van der Waals surface area contributed by atoms with E-state index in [-0.39, 0.29) is 11.9 Å². The summed E-state index contributed by atoms with van der Waals surface area (Å²) in [6, 6.07) is 2.23. The molecular weight excluding hydrogens is 216 g/mol. The Kier molecular flexibility index (Phi) is 5.35. The molecule has 1 rings (SSSR count). The van der Waals surface area contributed by atoms with E-state index >= 15 is 0 Å². The van der Waals surface area contributed by atoms with Crippen LogP contribution < -0.4 is 0 Å². The standard InChI is InChI=1S/C13H22N2O2/c1-5-6-13(17-4)12(16)9-11-7-8-15(14-11)10(2)3/h7-8,10,13H,5-6,9H2,1-4H3. The Morgan fingerprint density at radius 1 is 1.53 bits per heavy atom. The monoisotopic (exact) mass is 238 g/mol. The maximum absolute atomic E-state index is 11.9. The normalized spacial score (nSPS) is 13.0. The van der Waals surface area contributed by atoms with Gasteiger partial charge in [0.15, 0.2) is 5.78 Å². The number of methoxy groups -OCH3 is 1. The first kappa shape index (κ1) is 13.9.